The van der Waals surface area contributed by atoms with E-state index in [0.717, 1.165) is 11.1 Å². The van der Waals surface area contributed by atoms with Crippen LogP contribution < -0.4 is 32.3 Å². The molecule has 0 heterocycles. The lowest BCUT2D eigenvalue weighted by Crippen LogP contribution is -2.43. The number of nitrogens with two attached hydrogens (primary N) is 1. The molecular weight excluding hydrogens is 825 g/mol. The van der Waals surface area contributed by atoms with Gasteiger partial charge in [-0.1, -0.05) is 129 Å². The number of aliphatic carboxylic acids is 1. The van der Waals surface area contributed by atoms with Crippen molar-refractivity contribution in [1.82, 2.24) is 26.6 Å². The zero-order valence-electron chi connectivity index (χ0n) is 36.6. The minimum Gasteiger partial charge on any atom is -0.479 e. The summed E-state index contributed by atoms with van der Waals surface area (Å²) in [6.45, 7) is 12.2. The van der Waals surface area contributed by atoms with Crippen LogP contribution in [-0.2, 0) is 41.8 Å². The van der Waals surface area contributed by atoms with Crippen LogP contribution in [0.1, 0.15) is 83.3 Å². The zero-order valence-corrected chi connectivity index (χ0v) is 36.6. The molecule has 8 N–H and O–H groups in total. The Bertz CT molecular complexity index is 1980. The fraction of sp³-hybridized carbons (Fsp3) is 0.362. The molecule has 4 aromatic carbocycles. The van der Waals surface area contributed by atoms with Crippen molar-refractivity contribution in [3.05, 3.63) is 144 Å². The Balaban J connectivity index is 0.000000534. The normalized spacial score (nSPS) is 11.3. The number of alkyl carbamates (subject to hydrolysis) is 4. The van der Waals surface area contributed by atoms with Gasteiger partial charge in [0.15, 0.2) is 6.04 Å². The molecule has 2 atom stereocenters. The summed E-state index contributed by atoms with van der Waals surface area (Å²) in [6, 6.07) is 33.7. The van der Waals surface area contributed by atoms with Gasteiger partial charge in [0.2, 0.25) is 5.91 Å². The largest absolute Gasteiger partial charge is 0.479 e. The molecule has 0 spiro atoms. The first-order chi connectivity index (χ1) is 29.9. The van der Waals surface area contributed by atoms with Gasteiger partial charge in [0.1, 0.15) is 30.5 Å². The molecule has 4 rings (SSSR count). The van der Waals surface area contributed by atoms with Gasteiger partial charge in [-0.3, -0.25) is 4.79 Å². The van der Waals surface area contributed by atoms with Crippen LogP contribution >= 0.6 is 0 Å². The molecule has 0 fully saturated rings. The fourth-order valence-electron chi connectivity index (χ4n) is 4.90. The van der Waals surface area contributed by atoms with Crippen molar-refractivity contribution < 1.29 is 52.8 Å². The van der Waals surface area contributed by atoms with E-state index in [-0.39, 0.29) is 33.7 Å². The second-order valence-electron chi connectivity index (χ2n) is 15.4. The summed E-state index contributed by atoms with van der Waals surface area (Å²) in [4.78, 5) is 70.4. The highest BCUT2D eigenvalue weighted by Crippen LogP contribution is 2.15. The van der Waals surface area contributed by atoms with E-state index < -0.39 is 59.5 Å². The monoisotopic (exact) mass is 888 g/mol. The topological polar surface area (TPSA) is 246 Å². The van der Waals surface area contributed by atoms with E-state index >= 15 is 0 Å². The van der Waals surface area contributed by atoms with Crippen LogP contribution in [0.2, 0.25) is 0 Å². The Labute approximate surface area is 375 Å². The fourth-order valence-corrected chi connectivity index (χ4v) is 4.90. The molecule has 0 saturated heterocycles. The predicted molar refractivity (Wildman–Crippen MR) is 243 cm³/mol. The minimum atomic E-state index is -1.14. The van der Waals surface area contributed by atoms with Crippen molar-refractivity contribution in [2.45, 2.75) is 85.5 Å². The first-order valence-corrected chi connectivity index (χ1v) is 20.1. The molecule has 0 aliphatic rings. The Morgan fingerprint density at radius 2 is 0.859 bits per heavy atom. The van der Waals surface area contributed by atoms with Gasteiger partial charge >= 0.3 is 30.3 Å². The van der Waals surface area contributed by atoms with Gasteiger partial charge in [0, 0.05) is 26.2 Å². The standard InChI is InChI=1S/C23H29N3O5.C16H15NO4.C7H16N2O2.CH4/c1-23(2,3)31-21(28)25-15-14-24-20(27)19(18-12-8-5-9-13-18)26-22(29)30-16-17-10-6-4-7-11-17;18-15(19)14(13-9-5-2-6-10-13)17-16(20)21-11-12-7-3-1-4-8-12;1-7(2,3)11-6(10)9-5-4-8;/h4-13,19H,14-16H2,1-3H3,(H,24,27)(H,25,28)(H,26,29);1-10,14H,11H2,(H,17,20)(H,18,19);4-5,8H2,1-3H3,(H,9,10);1H4/t19-;14-;;/m00../s1. The molecule has 17 nitrogen and oxygen atoms in total. The number of benzene rings is 4. The van der Waals surface area contributed by atoms with Crippen molar-refractivity contribution in [2.24, 2.45) is 5.73 Å². The van der Waals surface area contributed by atoms with Crippen LogP contribution in [0.4, 0.5) is 19.2 Å². The van der Waals surface area contributed by atoms with E-state index in [1.165, 1.54) is 0 Å². The molecule has 0 unspecified atom stereocenters. The maximum atomic E-state index is 12.7. The van der Waals surface area contributed by atoms with Gasteiger partial charge < -0.3 is 56.4 Å². The number of nitrogens with one attached hydrogen (secondary N) is 5. The predicted octanol–water partition coefficient (Wildman–Crippen LogP) is 7.14. The second-order valence-corrected chi connectivity index (χ2v) is 15.4. The molecule has 0 radical (unpaired) electrons. The summed E-state index contributed by atoms with van der Waals surface area (Å²) >= 11 is 0. The van der Waals surface area contributed by atoms with Crippen molar-refractivity contribution in [3.63, 3.8) is 0 Å². The molecule has 4 aromatic rings. The molecule has 0 bridgehead atoms. The molecule has 5 amide bonds. The quantitative estimate of drug-likeness (QED) is 0.0465. The average Bonchev–Trinajstić information content (AvgIpc) is 3.24. The van der Waals surface area contributed by atoms with E-state index in [9.17, 15) is 33.9 Å². The van der Waals surface area contributed by atoms with E-state index in [4.69, 9.17) is 24.7 Å². The van der Waals surface area contributed by atoms with Gasteiger partial charge in [-0.05, 0) is 63.8 Å². The Morgan fingerprint density at radius 1 is 0.516 bits per heavy atom. The van der Waals surface area contributed by atoms with E-state index in [1.807, 2.05) is 87.5 Å². The third-order valence-electron chi connectivity index (χ3n) is 7.63. The average molecular weight is 889 g/mol. The number of carbonyl (C=O) groups is 6. The van der Waals surface area contributed by atoms with Crippen molar-refractivity contribution in [3.8, 4) is 0 Å². The van der Waals surface area contributed by atoms with Crippen LogP contribution in [0.25, 0.3) is 0 Å². The number of carboxylic acids is 1. The van der Waals surface area contributed by atoms with Gasteiger partial charge in [-0.25, -0.2) is 24.0 Å². The summed E-state index contributed by atoms with van der Waals surface area (Å²) in [5, 5.41) is 21.9. The Hall–Kier alpha value is -7.14. The molecule has 0 aromatic heterocycles. The van der Waals surface area contributed by atoms with Gasteiger partial charge in [-0.2, -0.15) is 0 Å². The maximum Gasteiger partial charge on any atom is 0.408 e. The lowest BCUT2D eigenvalue weighted by atomic mass is 10.1. The third-order valence-corrected chi connectivity index (χ3v) is 7.63. The van der Waals surface area contributed by atoms with E-state index in [0.29, 0.717) is 24.2 Å². The second kappa shape index (κ2) is 29.2. The van der Waals surface area contributed by atoms with Crippen molar-refractivity contribution in [2.75, 3.05) is 26.2 Å². The minimum absolute atomic E-state index is 0. The highest BCUT2D eigenvalue weighted by Gasteiger charge is 2.24. The Kier molecular flexibility index (Phi) is 25.0. The highest BCUT2D eigenvalue weighted by atomic mass is 16.6. The highest BCUT2D eigenvalue weighted by molar-refractivity contribution is 5.87. The molecule has 17 heteroatoms. The summed E-state index contributed by atoms with van der Waals surface area (Å²) in [7, 11) is 0. The summed E-state index contributed by atoms with van der Waals surface area (Å²) in [5.41, 5.74) is 6.90. The van der Waals surface area contributed by atoms with Gasteiger partial charge in [-0.15, -0.1) is 0 Å². The molecular formula is C47H64N6O11. The lowest BCUT2D eigenvalue weighted by Gasteiger charge is -2.20. The first-order valence-electron chi connectivity index (χ1n) is 20.1. The number of hydrogen-bond acceptors (Lipinski definition) is 11. The molecule has 0 aliphatic carbocycles. The number of carboxylic acid groups (broad SMARTS) is 1. The van der Waals surface area contributed by atoms with E-state index in [2.05, 4.69) is 26.6 Å². The number of amides is 5. The number of ether oxygens (including phenoxy) is 4. The molecule has 348 valence electrons. The van der Waals surface area contributed by atoms with Gasteiger partial charge in [0.25, 0.3) is 0 Å². The third kappa shape index (κ3) is 25.0. The van der Waals surface area contributed by atoms with Crippen LogP contribution in [0.5, 0.6) is 0 Å². The van der Waals surface area contributed by atoms with Crippen molar-refractivity contribution in [1.29, 1.82) is 0 Å². The molecule has 0 aliphatic heterocycles. The van der Waals surface area contributed by atoms with Crippen LogP contribution in [-0.4, -0.2) is 78.7 Å². The van der Waals surface area contributed by atoms with E-state index in [1.54, 1.807) is 75.4 Å². The SMILES string of the molecule is C.CC(C)(C)OC(=O)NCCN.CC(C)(C)OC(=O)NCCNC(=O)[C@@H](NC(=O)OCc1ccccc1)c1ccccc1.O=C(N[C@H](C(=O)O)c1ccccc1)OCc1ccccc1. The summed E-state index contributed by atoms with van der Waals surface area (Å²) in [6.07, 6.45) is -2.46. The molecule has 64 heavy (non-hydrogen) atoms. The summed E-state index contributed by atoms with van der Waals surface area (Å²) < 4.78 is 20.3. The van der Waals surface area contributed by atoms with Crippen LogP contribution in [0, 0.1) is 0 Å². The van der Waals surface area contributed by atoms with Crippen molar-refractivity contribution >= 4 is 36.2 Å². The zero-order chi connectivity index (χ0) is 46.7. The molecule has 0 saturated carbocycles. The maximum absolute atomic E-state index is 12.7. The van der Waals surface area contributed by atoms with Crippen LogP contribution in [0.15, 0.2) is 121 Å². The number of hydrogen-bond donors (Lipinski definition) is 7. The summed E-state index contributed by atoms with van der Waals surface area (Å²) in [5.74, 6) is -1.56. The number of rotatable bonds is 15. The lowest BCUT2D eigenvalue weighted by molar-refractivity contribution is -0.139. The smallest absolute Gasteiger partial charge is 0.408 e. The number of carbonyl (C=O) groups excluding carboxylic acids is 5. The van der Waals surface area contributed by atoms with Gasteiger partial charge in [0.05, 0.1) is 0 Å². The Morgan fingerprint density at radius 3 is 1.23 bits per heavy atom. The van der Waals surface area contributed by atoms with Crippen LogP contribution in [0.3, 0.4) is 0 Å². The first kappa shape index (κ1) is 54.9.